The summed E-state index contributed by atoms with van der Waals surface area (Å²) in [5.74, 6) is 0.474. The lowest BCUT2D eigenvalue weighted by Gasteiger charge is -2.31. The zero-order valence-electron chi connectivity index (χ0n) is 11.9. The maximum absolute atomic E-state index is 12.1. The Hall–Kier alpha value is -1.51. The van der Waals surface area contributed by atoms with Crippen LogP contribution in [0, 0.1) is 5.92 Å². The Bertz CT molecular complexity index is 408. The number of urea groups is 1. The molecule has 3 nitrogen and oxygen atoms in total. The number of rotatable bonds is 4. The second-order valence-corrected chi connectivity index (χ2v) is 5.88. The normalized spacial score (nSPS) is 17.4. The van der Waals surface area contributed by atoms with Gasteiger partial charge in [-0.15, -0.1) is 0 Å². The van der Waals surface area contributed by atoms with E-state index in [1.165, 1.54) is 18.4 Å². The number of nitrogens with one attached hydrogen (secondary N) is 2. The third kappa shape index (κ3) is 3.49. The third-order valence-electron chi connectivity index (χ3n) is 3.81. The quantitative estimate of drug-likeness (QED) is 0.855. The smallest absolute Gasteiger partial charge is 0.315 e. The fraction of sp³-hybridized carbons (Fsp3) is 0.562. The van der Waals surface area contributed by atoms with E-state index in [4.69, 9.17) is 0 Å². The van der Waals surface area contributed by atoms with E-state index in [1.54, 1.807) is 0 Å². The van der Waals surface area contributed by atoms with Crippen LogP contribution in [-0.4, -0.2) is 12.6 Å². The Balaban J connectivity index is 2.06. The molecule has 0 aliphatic heterocycles. The minimum atomic E-state index is -0.164. The molecule has 0 heterocycles. The maximum atomic E-state index is 12.1. The first-order chi connectivity index (χ1) is 9.12. The summed E-state index contributed by atoms with van der Waals surface area (Å²) < 4.78 is 0. The van der Waals surface area contributed by atoms with Crippen molar-refractivity contribution in [2.45, 2.75) is 45.1 Å². The topological polar surface area (TPSA) is 41.1 Å². The number of carbonyl (C=O) groups excluding carboxylic acids is 1. The highest BCUT2D eigenvalue weighted by Crippen LogP contribution is 2.38. The third-order valence-corrected chi connectivity index (χ3v) is 3.81. The number of amides is 2. The van der Waals surface area contributed by atoms with Gasteiger partial charge in [0.15, 0.2) is 0 Å². The number of carbonyl (C=O) groups is 1. The van der Waals surface area contributed by atoms with Crippen molar-refractivity contribution in [3.63, 3.8) is 0 Å². The first-order valence-electron chi connectivity index (χ1n) is 7.24. The predicted molar refractivity (Wildman–Crippen MR) is 78.0 cm³/mol. The highest BCUT2D eigenvalue weighted by atomic mass is 16.2. The van der Waals surface area contributed by atoms with Crippen molar-refractivity contribution < 1.29 is 4.79 Å². The van der Waals surface area contributed by atoms with Gasteiger partial charge in [-0.3, -0.25) is 0 Å². The highest BCUT2D eigenvalue weighted by molar-refractivity contribution is 5.75. The van der Waals surface area contributed by atoms with Gasteiger partial charge in [0.1, 0.15) is 0 Å². The molecule has 0 unspecified atom stereocenters. The van der Waals surface area contributed by atoms with Crippen molar-refractivity contribution in [3.8, 4) is 0 Å². The zero-order chi connectivity index (χ0) is 13.7. The van der Waals surface area contributed by atoms with Gasteiger partial charge in [0.25, 0.3) is 0 Å². The number of benzene rings is 1. The average molecular weight is 260 g/mol. The molecule has 3 heteroatoms. The molecular formula is C16H24N2O. The van der Waals surface area contributed by atoms with Gasteiger partial charge in [-0.25, -0.2) is 4.79 Å². The fourth-order valence-corrected chi connectivity index (χ4v) is 2.78. The van der Waals surface area contributed by atoms with Crippen LogP contribution in [0.4, 0.5) is 4.79 Å². The summed E-state index contributed by atoms with van der Waals surface area (Å²) in [7, 11) is 0. The summed E-state index contributed by atoms with van der Waals surface area (Å²) in [6.07, 6.45) is 4.43. The standard InChI is InChI=1S/C16H24N2O/c1-13(2)12-17-15(19)18-16(10-6-7-11-16)14-8-4-3-5-9-14/h3-5,8-9,13H,6-7,10-12H2,1-2H3,(H2,17,18,19). The average Bonchev–Trinajstić information content (AvgIpc) is 2.87. The lowest BCUT2D eigenvalue weighted by atomic mass is 9.88. The molecule has 1 saturated carbocycles. The van der Waals surface area contributed by atoms with E-state index < -0.39 is 0 Å². The molecule has 0 radical (unpaired) electrons. The van der Waals surface area contributed by atoms with Crippen molar-refractivity contribution in [2.75, 3.05) is 6.54 Å². The Morgan fingerprint density at radius 1 is 1.21 bits per heavy atom. The summed E-state index contributed by atoms with van der Waals surface area (Å²) in [6.45, 7) is 4.92. The van der Waals surface area contributed by atoms with E-state index in [0.29, 0.717) is 5.92 Å². The van der Waals surface area contributed by atoms with Crippen molar-refractivity contribution in [1.82, 2.24) is 10.6 Å². The van der Waals surface area contributed by atoms with Crippen LogP contribution < -0.4 is 10.6 Å². The SMILES string of the molecule is CC(C)CNC(=O)NC1(c2ccccc2)CCCC1. The van der Waals surface area contributed by atoms with E-state index in [9.17, 15) is 4.79 Å². The van der Waals surface area contributed by atoms with Gasteiger partial charge in [-0.05, 0) is 24.3 Å². The van der Waals surface area contributed by atoms with E-state index in [2.05, 4.69) is 36.6 Å². The summed E-state index contributed by atoms with van der Waals surface area (Å²) in [5, 5.41) is 6.17. The molecular weight excluding hydrogens is 236 g/mol. The van der Waals surface area contributed by atoms with Crippen LogP contribution in [0.1, 0.15) is 45.1 Å². The molecule has 1 aromatic carbocycles. The van der Waals surface area contributed by atoms with Crippen LogP contribution in [0.2, 0.25) is 0 Å². The van der Waals surface area contributed by atoms with Gasteiger partial charge < -0.3 is 10.6 Å². The van der Waals surface area contributed by atoms with Gasteiger partial charge in [0.2, 0.25) is 0 Å². The monoisotopic (exact) mass is 260 g/mol. The molecule has 0 atom stereocenters. The Labute approximate surface area is 115 Å². The van der Waals surface area contributed by atoms with E-state index in [0.717, 1.165) is 19.4 Å². The first kappa shape index (κ1) is 13.9. The molecule has 2 rings (SSSR count). The van der Waals surface area contributed by atoms with Crippen molar-refractivity contribution in [1.29, 1.82) is 0 Å². The summed E-state index contributed by atoms with van der Waals surface area (Å²) >= 11 is 0. The Morgan fingerprint density at radius 2 is 1.84 bits per heavy atom. The molecule has 1 aromatic rings. The van der Waals surface area contributed by atoms with Crippen LogP contribution >= 0.6 is 0 Å². The minimum absolute atomic E-state index is 0.0422. The minimum Gasteiger partial charge on any atom is -0.338 e. The summed E-state index contributed by atoms with van der Waals surface area (Å²) in [4.78, 5) is 12.1. The maximum Gasteiger partial charge on any atom is 0.315 e. The van der Waals surface area contributed by atoms with E-state index in [1.807, 2.05) is 18.2 Å². The van der Waals surface area contributed by atoms with Crippen LogP contribution in [0.25, 0.3) is 0 Å². The molecule has 1 aliphatic carbocycles. The van der Waals surface area contributed by atoms with Crippen LogP contribution in [0.3, 0.4) is 0 Å². The van der Waals surface area contributed by atoms with Gasteiger partial charge >= 0.3 is 6.03 Å². The molecule has 0 aromatic heterocycles. The predicted octanol–water partition coefficient (Wildman–Crippen LogP) is 3.41. The van der Waals surface area contributed by atoms with Crippen LogP contribution in [-0.2, 0) is 5.54 Å². The summed E-state index contributed by atoms with van der Waals surface area (Å²) in [5.41, 5.74) is 1.06. The molecule has 2 amide bonds. The van der Waals surface area contributed by atoms with Gasteiger partial charge in [-0.2, -0.15) is 0 Å². The molecule has 1 fully saturated rings. The van der Waals surface area contributed by atoms with Crippen LogP contribution in [0.15, 0.2) is 30.3 Å². The molecule has 104 valence electrons. The molecule has 19 heavy (non-hydrogen) atoms. The largest absolute Gasteiger partial charge is 0.338 e. The second-order valence-electron chi connectivity index (χ2n) is 5.88. The zero-order valence-corrected chi connectivity index (χ0v) is 11.9. The van der Waals surface area contributed by atoms with Gasteiger partial charge in [0.05, 0.1) is 5.54 Å². The number of hydrogen-bond donors (Lipinski definition) is 2. The van der Waals surface area contributed by atoms with E-state index in [-0.39, 0.29) is 11.6 Å². The Morgan fingerprint density at radius 3 is 2.42 bits per heavy atom. The molecule has 0 spiro atoms. The second kappa shape index (κ2) is 6.09. The highest BCUT2D eigenvalue weighted by Gasteiger charge is 2.36. The molecule has 0 saturated heterocycles. The van der Waals surface area contributed by atoms with Gasteiger partial charge in [-0.1, -0.05) is 57.0 Å². The van der Waals surface area contributed by atoms with Crippen molar-refractivity contribution in [3.05, 3.63) is 35.9 Å². The van der Waals surface area contributed by atoms with Crippen molar-refractivity contribution >= 4 is 6.03 Å². The first-order valence-corrected chi connectivity index (χ1v) is 7.24. The lowest BCUT2D eigenvalue weighted by molar-refractivity contribution is 0.223. The van der Waals surface area contributed by atoms with E-state index >= 15 is 0 Å². The van der Waals surface area contributed by atoms with Gasteiger partial charge in [0, 0.05) is 6.54 Å². The number of hydrogen-bond acceptors (Lipinski definition) is 1. The molecule has 1 aliphatic rings. The molecule has 0 bridgehead atoms. The fourth-order valence-electron chi connectivity index (χ4n) is 2.78. The lowest BCUT2D eigenvalue weighted by Crippen LogP contribution is -2.49. The van der Waals surface area contributed by atoms with Crippen molar-refractivity contribution in [2.24, 2.45) is 5.92 Å². The van der Waals surface area contributed by atoms with Crippen LogP contribution in [0.5, 0.6) is 0 Å². The Kier molecular flexibility index (Phi) is 4.46. The molecule has 2 N–H and O–H groups in total. The summed E-state index contributed by atoms with van der Waals surface area (Å²) in [6, 6.07) is 10.3.